The third kappa shape index (κ3) is 3.90. The number of nitrogens with one attached hydrogen (secondary N) is 1. The summed E-state index contributed by atoms with van der Waals surface area (Å²) in [4.78, 5) is 2.42. The number of rotatable bonds is 2. The van der Waals surface area contributed by atoms with Crippen LogP contribution in [0.1, 0.15) is 5.56 Å². The van der Waals surface area contributed by atoms with Gasteiger partial charge in [-0.1, -0.05) is 27.5 Å². The van der Waals surface area contributed by atoms with Gasteiger partial charge in [-0.25, -0.2) is 0 Å². The maximum absolute atomic E-state index is 6.15. The quantitative estimate of drug-likeness (QED) is 0.899. The molecule has 1 heterocycles. The molecule has 2 rings (SSSR count). The van der Waals surface area contributed by atoms with Gasteiger partial charge in [0.1, 0.15) is 0 Å². The zero-order valence-electron chi connectivity index (χ0n) is 8.88. The van der Waals surface area contributed by atoms with Crippen molar-refractivity contribution in [2.45, 2.75) is 6.54 Å². The Balaban J connectivity index is 0.00000128. The Morgan fingerprint density at radius 1 is 1.31 bits per heavy atom. The molecule has 0 amide bonds. The molecule has 1 aromatic rings. The van der Waals surface area contributed by atoms with Crippen LogP contribution in [0.4, 0.5) is 0 Å². The molecule has 0 radical (unpaired) electrons. The molecule has 0 spiro atoms. The maximum atomic E-state index is 6.15. The van der Waals surface area contributed by atoms with Crippen molar-refractivity contribution >= 4 is 39.9 Å². The third-order valence-electron chi connectivity index (χ3n) is 2.61. The van der Waals surface area contributed by atoms with Crippen LogP contribution < -0.4 is 5.32 Å². The van der Waals surface area contributed by atoms with E-state index in [0.717, 1.165) is 42.2 Å². The molecule has 0 saturated carbocycles. The highest BCUT2D eigenvalue weighted by Crippen LogP contribution is 2.22. The van der Waals surface area contributed by atoms with Crippen LogP contribution >= 0.6 is 39.9 Å². The van der Waals surface area contributed by atoms with Crippen LogP contribution in [0.25, 0.3) is 0 Å². The summed E-state index contributed by atoms with van der Waals surface area (Å²) in [5.41, 5.74) is 1.20. The molecule has 5 heteroatoms. The molecule has 0 atom stereocenters. The minimum atomic E-state index is 0. The van der Waals surface area contributed by atoms with Crippen molar-refractivity contribution in [3.63, 3.8) is 0 Å². The van der Waals surface area contributed by atoms with E-state index in [1.54, 1.807) is 0 Å². The van der Waals surface area contributed by atoms with Gasteiger partial charge in [-0.3, -0.25) is 4.90 Å². The zero-order chi connectivity index (χ0) is 10.7. The highest BCUT2D eigenvalue weighted by atomic mass is 79.9. The summed E-state index contributed by atoms with van der Waals surface area (Å²) >= 11 is 9.62. The van der Waals surface area contributed by atoms with Crippen LogP contribution in [0.2, 0.25) is 5.02 Å². The van der Waals surface area contributed by atoms with Gasteiger partial charge in [0.05, 0.1) is 0 Å². The van der Waals surface area contributed by atoms with Crippen molar-refractivity contribution in [1.82, 2.24) is 10.2 Å². The monoisotopic (exact) mass is 324 g/mol. The van der Waals surface area contributed by atoms with Crippen molar-refractivity contribution in [3.05, 3.63) is 33.3 Å². The van der Waals surface area contributed by atoms with Gasteiger partial charge in [-0.2, -0.15) is 0 Å². The number of benzene rings is 1. The minimum absolute atomic E-state index is 0. The Kier molecular flexibility index (Phi) is 6.08. The van der Waals surface area contributed by atoms with Gasteiger partial charge in [0.2, 0.25) is 0 Å². The summed E-state index contributed by atoms with van der Waals surface area (Å²) in [5.74, 6) is 0. The lowest BCUT2D eigenvalue weighted by Gasteiger charge is -2.27. The van der Waals surface area contributed by atoms with Gasteiger partial charge in [0, 0.05) is 42.2 Å². The number of piperazine rings is 1. The van der Waals surface area contributed by atoms with E-state index in [-0.39, 0.29) is 12.4 Å². The SMILES string of the molecule is Cl.Clc1ccc(Br)cc1CN1CCNCC1. The first kappa shape index (κ1) is 14.3. The van der Waals surface area contributed by atoms with Crippen LogP contribution in [-0.4, -0.2) is 31.1 Å². The van der Waals surface area contributed by atoms with E-state index in [2.05, 4.69) is 32.2 Å². The average Bonchev–Trinajstić information content (AvgIpc) is 2.25. The molecule has 1 fully saturated rings. The predicted octanol–water partition coefficient (Wildman–Crippen LogP) is 2.93. The molecule has 90 valence electrons. The van der Waals surface area contributed by atoms with Crippen LogP contribution in [0, 0.1) is 0 Å². The maximum Gasteiger partial charge on any atom is 0.0451 e. The topological polar surface area (TPSA) is 15.3 Å². The van der Waals surface area contributed by atoms with Crippen LogP contribution in [0.3, 0.4) is 0 Å². The van der Waals surface area contributed by atoms with Crippen molar-refractivity contribution in [2.75, 3.05) is 26.2 Å². The number of hydrogen-bond acceptors (Lipinski definition) is 2. The second-order valence-corrected chi connectivity index (χ2v) is 5.08. The molecule has 0 aromatic heterocycles. The summed E-state index contributed by atoms with van der Waals surface area (Å²) < 4.78 is 1.09. The van der Waals surface area contributed by atoms with Gasteiger partial charge < -0.3 is 5.32 Å². The van der Waals surface area contributed by atoms with Crippen LogP contribution in [0.5, 0.6) is 0 Å². The molecule has 16 heavy (non-hydrogen) atoms. The Labute approximate surface area is 116 Å². The summed E-state index contributed by atoms with van der Waals surface area (Å²) in [5, 5.41) is 4.20. The first-order valence-corrected chi connectivity index (χ1v) is 6.30. The molecule has 0 aliphatic carbocycles. The van der Waals surface area contributed by atoms with Gasteiger partial charge in [0.25, 0.3) is 0 Å². The predicted molar refractivity (Wildman–Crippen MR) is 74.5 cm³/mol. The highest BCUT2D eigenvalue weighted by Gasteiger charge is 2.11. The van der Waals surface area contributed by atoms with Crippen LogP contribution in [-0.2, 0) is 6.54 Å². The summed E-state index contributed by atoms with van der Waals surface area (Å²) in [6.07, 6.45) is 0. The minimum Gasteiger partial charge on any atom is -0.314 e. The van der Waals surface area contributed by atoms with E-state index < -0.39 is 0 Å². The lowest BCUT2D eigenvalue weighted by atomic mass is 10.2. The molecule has 1 aliphatic heterocycles. The Bertz CT molecular complexity index is 341. The number of hydrogen-bond donors (Lipinski definition) is 1. The Morgan fingerprint density at radius 3 is 2.69 bits per heavy atom. The Morgan fingerprint density at radius 2 is 2.00 bits per heavy atom. The molecule has 1 aromatic carbocycles. The largest absolute Gasteiger partial charge is 0.314 e. The van der Waals surface area contributed by atoms with Crippen molar-refractivity contribution < 1.29 is 0 Å². The van der Waals surface area contributed by atoms with Crippen LogP contribution in [0.15, 0.2) is 22.7 Å². The molecular formula is C11H15BrCl2N2. The number of halogens is 3. The first-order chi connectivity index (χ1) is 7.25. The lowest BCUT2D eigenvalue weighted by Crippen LogP contribution is -2.42. The van der Waals surface area contributed by atoms with Gasteiger partial charge in [-0.05, 0) is 23.8 Å². The van der Waals surface area contributed by atoms with E-state index in [1.165, 1.54) is 5.56 Å². The second-order valence-electron chi connectivity index (χ2n) is 3.76. The second kappa shape index (κ2) is 6.82. The standard InChI is InChI=1S/C11H14BrClN2.ClH/c12-10-1-2-11(13)9(7-10)8-15-5-3-14-4-6-15;/h1-2,7,14H,3-6,8H2;1H. The fourth-order valence-electron chi connectivity index (χ4n) is 1.77. The Hall–Kier alpha value is 0.200. The molecule has 1 aliphatic rings. The zero-order valence-corrected chi connectivity index (χ0v) is 12.0. The third-order valence-corrected chi connectivity index (χ3v) is 3.47. The van der Waals surface area contributed by atoms with E-state index >= 15 is 0 Å². The fourth-order valence-corrected chi connectivity index (χ4v) is 2.36. The van der Waals surface area contributed by atoms with Crippen molar-refractivity contribution in [2.24, 2.45) is 0 Å². The smallest absolute Gasteiger partial charge is 0.0451 e. The summed E-state index contributed by atoms with van der Waals surface area (Å²) in [6.45, 7) is 5.29. The molecule has 0 bridgehead atoms. The van der Waals surface area contributed by atoms with Gasteiger partial charge in [-0.15, -0.1) is 12.4 Å². The van der Waals surface area contributed by atoms with E-state index in [1.807, 2.05) is 12.1 Å². The normalized spacial score (nSPS) is 16.9. The van der Waals surface area contributed by atoms with Gasteiger partial charge >= 0.3 is 0 Å². The molecule has 0 unspecified atom stereocenters. The van der Waals surface area contributed by atoms with E-state index in [0.29, 0.717) is 0 Å². The lowest BCUT2D eigenvalue weighted by molar-refractivity contribution is 0.233. The van der Waals surface area contributed by atoms with E-state index in [4.69, 9.17) is 11.6 Å². The first-order valence-electron chi connectivity index (χ1n) is 5.13. The average molecular weight is 326 g/mol. The summed E-state index contributed by atoms with van der Waals surface area (Å²) in [6, 6.07) is 6.02. The highest BCUT2D eigenvalue weighted by molar-refractivity contribution is 9.10. The molecular weight excluding hydrogens is 311 g/mol. The van der Waals surface area contributed by atoms with Crippen molar-refractivity contribution in [1.29, 1.82) is 0 Å². The van der Waals surface area contributed by atoms with Crippen molar-refractivity contribution in [3.8, 4) is 0 Å². The molecule has 1 saturated heterocycles. The fraction of sp³-hybridized carbons (Fsp3) is 0.455. The number of nitrogens with zero attached hydrogens (tertiary/aromatic N) is 1. The molecule has 2 nitrogen and oxygen atoms in total. The molecule has 1 N–H and O–H groups in total. The van der Waals surface area contributed by atoms with E-state index in [9.17, 15) is 0 Å². The summed E-state index contributed by atoms with van der Waals surface area (Å²) in [7, 11) is 0. The van der Waals surface area contributed by atoms with Gasteiger partial charge in [0.15, 0.2) is 0 Å².